The number of aromatic nitrogens is 1. The normalized spacial score (nSPS) is 23.3. The first-order valence-electron chi connectivity index (χ1n) is 6.44. The van der Waals surface area contributed by atoms with Crippen molar-refractivity contribution in [1.82, 2.24) is 9.29 Å². The van der Waals surface area contributed by atoms with Crippen molar-refractivity contribution in [2.24, 2.45) is 5.92 Å². The molecule has 0 radical (unpaired) electrons. The Bertz CT molecular complexity index is 501. The summed E-state index contributed by atoms with van der Waals surface area (Å²) in [6.07, 6.45) is 6.07. The van der Waals surface area contributed by atoms with Gasteiger partial charge < -0.3 is 0 Å². The van der Waals surface area contributed by atoms with Gasteiger partial charge in [0, 0.05) is 30.8 Å². The van der Waals surface area contributed by atoms with Gasteiger partial charge in [-0.05, 0) is 42.9 Å². The number of pyridine rings is 1. The second-order valence-electron chi connectivity index (χ2n) is 5.14. The summed E-state index contributed by atoms with van der Waals surface area (Å²) < 4.78 is 25.8. The van der Waals surface area contributed by atoms with E-state index in [1.54, 1.807) is 19.4 Å². The molecule has 0 atom stereocenters. The second kappa shape index (κ2) is 6.33. The van der Waals surface area contributed by atoms with Gasteiger partial charge in [-0.3, -0.25) is 4.98 Å². The summed E-state index contributed by atoms with van der Waals surface area (Å²) in [6.45, 7) is 0.640. The minimum Gasteiger partial charge on any atom is -0.265 e. The maximum atomic E-state index is 12.2. The molecule has 0 aromatic carbocycles. The average molecular weight is 347 g/mol. The Labute approximate surface area is 123 Å². The van der Waals surface area contributed by atoms with E-state index >= 15 is 0 Å². The van der Waals surface area contributed by atoms with Crippen LogP contribution in [0.4, 0.5) is 0 Å². The highest BCUT2D eigenvalue weighted by Gasteiger charge is 2.30. The Morgan fingerprint density at radius 3 is 2.58 bits per heavy atom. The molecular weight excluding hydrogens is 328 g/mol. The van der Waals surface area contributed by atoms with Crippen LogP contribution < -0.4 is 0 Å². The van der Waals surface area contributed by atoms with Gasteiger partial charge in [0.05, 0.1) is 5.75 Å². The monoisotopic (exact) mass is 346 g/mol. The third-order valence-electron chi connectivity index (χ3n) is 3.57. The molecule has 4 nitrogen and oxygen atoms in total. The second-order valence-corrected chi connectivity index (χ2v) is 8.63. The molecule has 6 heteroatoms. The molecule has 0 bridgehead atoms. The minimum atomic E-state index is -3.15. The van der Waals surface area contributed by atoms with Gasteiger partial charge in [-0.1, -0.05) is 15.9 Å². The Morgan fingerprint density at radius 2 is 2.00 bits per heavy atom. The van der Waals surface area contributed by atoms with Gasteiger partial charge in [0.1, 0.15) is 0 Å². The molecule has 106 valence electrons. The van der Waals surface area contributed by atoms with E-state index in [-0.39, 0.29) is 5.75 Å². The smallest absolute Gasteiger partial charge is 0.214 e. The quantitative estimate of drug-likeness (QED) is 0.740. The number of halogens is 1. The van der Waals surface area contributed by atoms with E-state index in [0.717, 1.165) is 18.4 Å². The lowest BCUT2D eigenvalue weighted by molar-refractivity contribution is 0.275. The third kappa shape index (κ3) is 4.26. The lowest BCUT2D eigenvalue weighted by Crippen LogP contribution is -2.39. The SMILES string of the molecule is CN(CC1CC(Br)C1)S(=O)(=O)CCc1ccncc1. The van der Waals surface area contributed by atoms with Crippen molar-refractivity contribution in [3.05, 3.63) is 30.1 Å². The van der Waals surface area contributed by atoms with E-state index < -0.39 is 10.0 Å². The average Bonchev–Trinajstić information content (AvgIpc) is 2.36. The molecule has 0 saturated heterocycles. The van der Waals surface area contributed by atoms with Crippen molar-refractivity contribution < 1.29 is 8.42 Å². The fourth-order valence-electron chi connectivity index (χ4n) is 2.23. The molecular formula is C13H19BrN2O2S. The lowest BCUT2D eigenvalue weighted by atomic mass is 9.85. The molecule has 1 aliphatic rings. The van der Waals surface area contributed by atoms with E-state index in [1.165, 1.54) is 4.31 Å². The summed E-state index contributed by atoms with van der Waals surface area (Å²) in [5, 5.41) is 0. The largest absolute Gasteiger partial charge is 0.265 e. The van der Waals surface area contributed by atoms with Gasteiger partial charge in [0.2, 0.25) is 10.0 Å². The van der Waals surface area contributed by atoms with Gasteiger partial charge in [0.15, 0.2) is 0 Å². The maximum absolute atomic E-state index is 12.2. The zero-order chi connectivity index (χ0) is 13.9. The van der Waals surface area contributed by atoms with Gasteiger partial charge in [0.25, 0.3) is 0 Å². The molecule has 1 aromatic heterocycles. The molecule has 1 heterocycles. The number of alkyl halides is 1. The highest BCUT2D eigenvalue weighted by atomic mass is 79.9. The number of hydrogen-bond acceptors (Lipinski definition) is 3. The first-order chi connectivity index (χ1) is 8.97. The topological polar surface area (TPSA) is 50.3 Å². The van der Waals surface area contributed by atoms with Crippen LogP contribution in [0.25, 0.3) is 0 Å². The fourth-order valence-corrected chi connectivity index (χ4v) is 4.53. The summed E-state index contributed by atoms with van der Waals surface area (Å²) in [5.41, 5.74) is 1.01. The standard InChI is InChI=1S/C13H19BrN2O2S/c1-16(10-12-8-13(14)9-12)19(17,18)7-4-11-2-5-15-6-3-11/h2-3,5-6,12-13H,4,7-10H2,1H3. The van der Waals surface area contributed by atoms with Crippen LogP contribution >= 0.6 is 15.9 Å². The number of hydrogen-bond donors (Lipinski definition) is 0. The van der Waals surface area contributed by atoms with E-state index in [0.29, 0.717) is 23.7 Å². The molecule has 1 saturated carbocycles. The van der Waals surface area contributed by atoms with Crippen LogP contribution in [0.5, 0.6) is 0 Å². The highest BCUT2D eigenvalue weighted by molar-refractivity contribution is 9.09. The van der Waals surface area contributed by atoms with Gasteiger partial charge >= 0.3 is 0 Å². The zero-order valence-corrected chi connectivity index (χ0v) is 13.4. The van der Waals surface area contributed by atoms with Crippen molar-refractivity contribution >= 4 is 26.0 Å². The summed E-state index contributed by atoms with van der Waals surface area (Å²) >= 11 is 3.53. The summed E-state index contributed by atoms with van der Waals surface area (Å²) in [6, 6.07) is 3.72. The predicted molar refractivity (Wildman–Crippen MR) is 79.8 cm³/mol. The third-order valence-corrected chi connectivity index (χ3v) is 6.13. The van der Waals surface area contributed by atoms with E-state index in [4.69, 9.17) is 0 Å². The number of rotatable bonds is 6. The van der Waals surface area contributed by atoms with Crippen molar-refractivity contribution in [2.45, 2.75) is 24.1 Å². The van der Waals surface area contributed by atoms with Crippen LogP contribution in [0.3, 0.4) is 0 Å². The predicted octanol–water partition coefficient (Wildman–Crippen LogP) is 2.06. The van der Waals surface area contributed by atoms with Crippen molar-refractivity contribution in [1.29, 1.82) is 0 Å². The molecule has 2 rings (SSSR count). The van der Waals surface area contributed by atoms with Crippen LogP contribution in [-0.2, 0) is 16.4 Å². The first-order valence-corrected chi connectivity index (χ1v) is 8.97. The zero-order valence-electron chi connectivity index (χ0n) is 11.0. The van der Waals surface area contributed by atoms with Crippen LogP contribution in [0.2, 0.25) is 0 Å². The molecule has 1 aliphatic carbocycles. The van der Waals surface area contributed by atoms with Gasteiger partial charge in [-0.2, -0.15) is 0 Å². The Kier molecular flexibility index (Phi) is 4.97. The summed E-state index contributed by atoms with van der Waals surface area (Å²) in [7, 11) is -1.47. The lowest BCUT2D eigenvalue weighted by Gasteiger charge is -2.34. The number of aryl methyl sites for hydroxylation is 1. The Balaban J connectivity index is 1.84. The Hall–Kier alpha value is -0.460. The van der Waals surface area contributed by atoms with Crippen LogP contribution in [0.15, 0.2) is 24.5 Å². The fraction of sp³-hybridized carbons (Fsp3) is 0.615. The number of sulfonamides is 1. The summed E-state index contributed by atoms with van der Waals surface area (Å²) in [5.74, 6) is 0.669. The van der Waals surface area contributed by atoms with Gasteiger partial charge in [-0.25, -0.2) is 12.7 Å². The maximum Gasteiger partial charge on any atom is 0.214 e. The van der Waals surface area contributed by atoms with Crippen molar-refractivity contribution in [3.8, 4) is 0 Å². The summed E-state index contributed by atoms with van der Waals surface area (Å²) in [4.78, 5) is 4.50. The van der Waals surface area contributed by atoms with Crippen LogP contribution in [0.1, 0.15) is 18.4 Å². The molecule has 0 unspecified atom stereocenters. The van der Waals surface area contributed by atoms with E-state index in [9.17, 15) is 8.42 Å². The van der Waals surface area contributed by atoms with Crippen molar-refractivity contribution in [3.63, 3.8) is 0 Å². The highest BCUT2D eigenvalue weighted by Crippen LogP contribution is 2.33. The molecule has 0 spiro atoms. The van der Waals surface area contributed by atoms with Crippen molar-refractivity contribution in [2.75, 3.05) is 19.3 Å². The molecule has 0 amide bonds. The van der Waals surface area contributed by atoms with E-state index in [2.05, 4.69) is 20.9 Å². The molecule has 0 aliphatic heterocycles. The minimum absolute atomic E-state index is 0.165. The van der Waals surface area contributed by atoms with Crippen LogP contribution in [-0.4, -0.2) is 41.9 Å². The first kappa shape index (κ1) is 14.9. The molecule has 19 heavy (non-hydrogen) atoms. The molecule has 1 fully saturated rings. The number of nitrogens with zero attached hydrogens (tertiary/aromatic N) is 2. The van der Waals surface area contributed by atoms with Gasteiger partial charge in [-0.15, -0.1) is 0 Å². The Morgan fingerprint density at radius 1 is 1.37 bits per heavy atom. The molecule has 1 aromatic rings. The molecule has 0 N–H and O–H groups in total. The van der Waals surface area contributed by atoms with E-state index in [1.807, 2.05) is 12.1 Å². The van der Waals surface area contributed by atoms with Crippen LogP contribution in [0, 0.1) is 5.92 Å².